The Morgan fingerprint density at radius 1 is 1.44 bits per heavy atom. The molecule has 0 radical (unpaired) electrons. The predicted octanol–water partition coefficient (Wildman–Crippen LogP) is 2.19. The highest BCUT2D eigenvalue weighted by Gasteiger charge is 2.15. The maximum absolute atomic E-state index is 5.13. The van der Waals surface area contributed by atoms with Gasteiger partial charge < -0.3 is 9.73 Å². The van der Waals surface area contributed by atoms with E-state index < -0.39 is 0 Å². The van der Waals surface area contributed by atoms with Crippen LogP contribution >= 0.6 is 0 Å². The normalized spacial score (nSPS) is 12.9. The van der Waals surface area contributed by atoms with Crippen LogP contribution in [0.5, 0.6) is 0 Å². The number of furan rings is 1. The molecule has 0 saturated carbocycles. The van der Waals surface area contributed by atoms with Crippen molar-refractivity contribution in [3.8, 4) is 0 Å². The van der Waals surface area contributed by atoms with E-state index in [0.717, 1.165) is 18.7 Å². The maximum Gasteiger partial charge on any atom is 0.0953 e. The number of hydrogen-bond acceptors (Lipinski definition) is 3. The Balaban J connectivity index is 2.25. The van der Waals surface area contributed by atoms with Crippen molar-refractivity contribution in [2.24, 2.45) is 0 Å². The molecule has 4 heteroatoms. The zero-order valence-corrected chi connectivity index (χ0v) is 9.68. The van der Waals surface area contributed by atoms with Gasteiger partial charge in [-0.1, -0.05) is 6.92 Å². The van der Waals surface area contributed by atoms with Gasteiger partial charge in [0.25, 0.3) is 0 Å². The van der Waals surface area contributed by atoms with Gasteiger partial charge in [-0.25, -0.2) is 0 Å². The van der Waals surface area contributed by atoms with Crippen LogP contribution in [0.2, 0.25) is 0 Å². The molecule has 2 heterocycles. The summed E-state index contributed by atoms with van der Waals surface area (Å²) in [6.07, 6.45) is 7.45. The van der Waals surface area contributed by atoms with Crippen LogP contribution in [0.15, 0.2) is 35.4 Å². The number of nitrogens with one attached hydrogen (secondary N) is 1. The fraction of sp³-hybridized carbons (Fsp3) is 0.417. The molecule has 2 aromatic rings. The van der Waals surface area contributed by atoms with Crippen molar-refractivity contribution < 1.29 is 4.42 Å². The molecule has 2 rings (SSSR count). The minimum absolute atomic E-state index is 0.170. The average Bonchev–Trinajstić information content (AvgIpc) is 2.97. The van der Waals surface area contributed by atoms with Gasteiger partial charge in [0.05, 0.1) is 24.8 Å². The molecule has 1 atom stereocenters. The quantitative estimate of drug-likeness (QED) is 0.838. The number of aromatic nitrogens is 2. The van der Waals surface area contributed by atoms with Crippen molar-refractivity contribution in [1.82, 2.24) is 15.1 Å². The summed E-state index contributed by atoms with van der Waals surface area (Å²) in [5, 5.41) is 7.72. The van der Waals surface area contributed by atoms with Crippen molar-refractivity contribution >= 4 is 0 Å². The van der Waals surface area contributed by atoms with Gasteiger partial charge in [-0.2, -0.15) is 5.10 Å². The summed E-state index contributed by atoms with van der Waals surface area (Å²) in [5.41, 5.74) is 2.31. The lowest BCUT2D eigenvalue weighted by Gasteiger charge is -2.14. The Morgan fingerprint density at radius 2 is 2.31 bits per heavy atom. The number of hydrogen-bond donors (Lipinski definition) is 1. The van der Waals surface area contributed by atoms with Gasteiger partial charge in [0.1, 0.15) is 0 Å². The molecule has 1 unspecified atom stereocenters. The van der Waals surface area contributed by atoms with Crippen LogP contribution in [-0.2, 0) is 6.54 Å². The SMILES string of the molecule is CCNC(c1ccoc1)c1cnn(CC)c1. The van der Waals surface area contributed by atoms with Crippen LogP contribution in [0.4, 0.5) is 0 Å². The van der Waals surface area contributed by atoms with Crippen LogP contribution in [0.25, 0.3) is 0 Å². The van der Waals surface area contributed by atoms with Gasteiger partial charge in [-0.15, -0.1) is 0 Å². The van der Waals surface area contributed by atoms with E-state index in [0.29, 0.717) is 0 Å². The minimum atomic E-state index is 0.170. The lowest BCUT2D eigenvalue weighted by atomic mass is 10.1. The van der Waals surface area contributed by atoms with Crippen molar-refractivity contribution in [2.75, 3.05) is 6.54 Å². The molecule has 2 aromatic heterocycles. The molecule has 0 aliphatic carbocycles. The summed E-state index contributed by atoms with van der Waals surface area (Å²) in [6.45, 7) is 5.98. The highest BCUT2D eigenvalue weighted by Crippen LogP contribution is 2.21. The second-order valence-corrected chi connectivity index (χ2v) is 3.68. The third-order valence-electron chi connectivity index (χ3n) is 2.60. The first-order valence-electron chi connectivity index (χ1n) is 5.63. The van der Waals surface area contributed by atoms with Crippen LogP contribution in [0.1, 0.15) is 31.0 Å². The summed E-state index contributed by atoms with van der Waals surface area (Å²) < 4.78 is 7.06. The molecule has 0 aliphatic rings. The Hall–Kier alpha value is -1.55. The topological polar surface area (TPSA) is 43.0 Å². The van der Waals surface area contributed by atoms with Crippen LogP contribution in [0.3, 0.4) is 0 Å². The second-order valence-electron chi connectivity index (χ2n) is 3.68. The first-order valence-corrected chi connectivity index (χ1v) is 5.63. The molecule has 0 spiro atoms. The van der Waals surface area contributed by atoms with Crippen LogP contribution in [0, 0.1) is 0 Å². The Bertz CT molecular complexity index is 419. The second kappa shape index (κ2) is 4.99. The predicted molar refractivity (Wildman–Crippen MR) is 62.1 cm³/mol. The smallest absolute Gasteiger partial charge is 0.0953 e. The Morgan fingerprint density at radius 3 is 2.88 bits per heavy atom. The number of aryl methyl sites for hydroxylation is 1. The van der Waals surface area contributed by atoms with E-state index in [4.69, 9.17) is 4.42 Å². The molecule has 4 nitrogen and oxygen atoms in total. The minimum Gasteiger partial charge on any atom is -0.472 e. The van der Waals surface area contributed by atoms with Crippen molar-refractivity contribution in [3.05, 3.63) is 42.1 Å². The number of rotatable bonds is 5. The van der Waals surface area contributed by atoms with Gasteiger partial charge in [-0.3, -0.25) is 4.68 Å². The van der Waals surface area contributed by atoms with Gasteiger partial charge in [0, 0.05) is 23.9 Å². The van der Waals surface area contributed by atoms with Gasteiger partial charge >= 0.3 is 0 Å². The monoisotopic (exact) mass is 219 g/mol. The first kappa shape index (κ1) is 11.0. The third-order valence-corrected chi connectivity index (χ3v) is 2.60. The highest BCUT2D eigenvalue weighted by atomic mass is 16.3. The zero-order chi connectivity index (χ0) is 11.4. The summed E-state index contributed by atoms with van der Waals surface area (Å²) in [7, 11) is 0. The zero-order valence-electron chi connectivity index (χ0n) is 9.68. The molecule has 0 aliphatic heterocycles. The first-order chi connectivity index (χ1) is 7.85. The average molecular weight is 219 g/mol. The fourth-order valence-electron chi connectivity index (χ4n) is 1.77. The standard InChI is InChI=1S/C12H17N3O/c1-3-13-12(10-5-6-16-9-10)11-7-14-15(4-2)8-11/h5-9,12-13H,3-4H2,1-2H3. The summed E-state index contributed by atoms with van der Waals surface area (Å²) >= 11 is 0. The van der Waals surface area contributed by atoms with Crippen LogP contribution < -0.4 is 5.32 Å². The third kappa shape index (κ3) is 2.17. The molecular weight excluding hydrogens is 202 g/mol. The molecule has 0 fully saturated rings. The lowest BCUT2D eigenvalue weighted by Crippen LogP contribution is -2.21. The van der Waals surface area contributed by atoms with Crippen molar-refractivity contribution in [2.45, 2.75) is 26.4 Å². The van der Waals surface area contributed by atoms with Crippen molar-refractivity contribution in [3.63, 3.8) is 0 Å². The van der Waals surface area contributed by atoms with E-state index in [-0.39, 0.29) is 6.04 Å². The van der Waals surface area contributed by atoms with E-state index >= 15 is 0 Å². The van der Waals surface area contributed by atoms with E-state index in [1.807, 2.05) is 16.9 Å². The maximum atomic E-state index is 5.13. The lowest BCUT2D eigenvalue weighted by molar-refractivity contribution is 0.552. The molecule has 0 bridgehead atoms. The largest absolute Gasteiger partial charge is 0.472 e. The van der Waals surface area contributed by atoms with Gasteiger partial charge in [0.2, 0.25) is 0 Å². The summed E-state index contributed by atoms with van der Waals surface area (Å²) in [5.74, 6) is 0. The fourth-order valence-corrected chi connectivity index (χ4v) is 1.77. The molecule has 0 amide bonds. The summed E-state index contributed by atoms with van der Waals surface area (Å²) in [6, 6.07) is 2.15. The molecule has 1 N–H and O–H groups in total. The van der Waals surface area contributed by atoms with E-state index in [1.54, 1.807) is 12.5 Å². The molecule has 86 valence electrons. The number of nitrogens with zero attached hydrogens (tertiary/aromatic N) is 2. The Kier molecular flexibility index (Phi) is 3.41. The van der Waals surface area contributed by atoms with E-state index in [1.165, 1.54) is 5.56 Å². The van der Waals surface area contributed by atoms with Gasteiger partial charge in [0.15, 0.2) is 0 Å². The molecule has 16 heavy (non-hydrogen) atoms. The van der Waals surface area contributed by atoms with Crippen LogP contribution in [-0.4, -0.2) is 16.3 Å². The van der Waals surface area contributed by atoms with Crippen molar-refractivity contribution in [1.29, 1.82) is 0 Å². The summed E-state index contributed by atoms with van der Waals surface area (Å²) in [4.78, 5) is 0. The van der Waals surface area contributed by atoms with E-state index in [9.17, 15) is 0 Å². The highest BCUT2D eigenvalue weighted by molar-refractivity contribution is 5.25. The van der Waals surface area contributed by atoms with E-state index in [2.05, 4.69) is 30.5 Å². The van der Waals surface area contributed by atoms with Gasteiger partial charge in [-0.05, 0) is 19.5 Å². The Labute approximate surface area is 95.3 Å². The molecule has 0 saturated heterocycles. The molecular formula is C12H17N3O. The molecule has 0 aromatic carbocycles.